The quantitative estimate of drug-likeness (QED) is 0.464. The predicted octanol–water partition coefficient (Wildman–Crippen LogP) is 1.56. The summed E-state index contributed by atoms with van der Waals surface area (Å²) >= 11 is 0. The Labute approximate surface area is 92.7 Å². The molecule has 0 aliphatic rings. The van der Waals surface area contributed by atoms with Crippen molar-refractivity contribution in [1.82, 2.24) is 5.32 Å². The number of rotatable bonds is 4. The van der Waals surface area contributed by atoms with Crippen LogP contribution in [0.5, 0.6) is 0 Å². The van der Waals surface area contributed by atoms with Crippen molar-refractivity contribution in [1.29, 1.82) is 0 Å². The minimum absolute atomic E-state index is 0.000427. The molecule has 0 aromatic heterocycles. The molecule has 86 valence electrons. The summed E-state index contributed by atoms with van der Waals surface area (Å²) in [4.78, 5) is 3.86. The smallest absolute Gasteiger partial charge is 0.189 e. The molecular weight excluding hydrogens is 212 g/mol. The van der Waals surface area contributed by atoms with Gasteiger partial charge < -0.3 is 11.1 Å². The number of nitrogens with zero attached hydrogens (tertiary/aromatic N) is 1. The number of guanidine groups is 1. The summed E-state index contributed by atoms with van der Waals surface area (Å²) < 4.78 is 26.0. The fourth-order valence-corrected chi connectivity index (χ4v) is 1.07. The molecule has 0 saturated heterocycles. The van der Waals surface area contributed by atoms with Gasteiger partial charge in [0, 0.05) is 12.1 Å². The molecule has 0 radical (unpaired) electrons. The van der Waals surface area contributed by atoms with Crippen LogP contribution in [0.25, 0.3) is 0 Å². The number of halogens is 2. The Hall–Kier alpha value is -1.91. The van der Waals surface area contributed by atoms with E-state index < -0.39 is 11.6 Å². The first-order valence-corrected chi connectivity index (χ1v) is 4.72. The summed E-state index contributed by atoms with van der Waals surface area (Å²) in [6, 6.07) is 3.22. The number of benzene rings is 1. The van der Waals surface area contributed by atoms with Crippen molar-refractivity contribution < 1.29 is 8.78 Å². The molecule has 0 aliphatic heterocycles. The van der Waals surface area contributed by atoms with Crippen molar-refractivity contribution in [2.75, 3.05) is 6.54 Å². The number of hydrogen-bond acceptors (Lipinski definition) is 1. The molecule has 0 fully saturated rings. The van der Waals surface area contributed by atoms with Gasteiger partial charge in [-0.05, 0) is 18.2 Å². The average Bonchev–Trinajstić information content (AvgIpc) is 2.27. The van der Waals surface area contributed by atoms with Gasteiger partial charge in [-0.1, -0.05) is 6.08 Å². The SMILES string of the molecule is C=CCNC(N)=NCc1cc(F)ccc1F. The Kier molecular flexibility index (Phi) is 4.44. The summed E-state index contributed by atoms with van der Waals surface area (Å²) in [6.07, 6.45) is 1.62. The lowest BCUT2D eigenvalue weighted by Crippen LogP contribution is -2.31. The molecular formula is C11H13F2N3. The number of nitrogens with one attached hydrogen (secondary N) is 1. The highest BCUT2D eigenvalue weighted by atomic mass is 19.1. The van der Waals surface area contributed by atoms with Crippen LogP contribution in [0.1, 0.15) is 5.56 Å². The Morgan fingerprint density at radius 3 is 2.94 bits per heavy atom. The molecule has 0 aliphatic carbocycles. The van der Waals surface area contributed by atoms with Crippen LogP contribution in [0, 0.1) is 11.6 Å². The van der Waals surface area contributed by atoms with Crippen molar-refractivity contribution in [3.05, 3.63) is 48.1 Å². The third kappa shape index (κ3) is 3.68. The predicted molar refractivity (Wildman–Crippen MR) is 59.9 cm³/mol. The summed E-state index contributed by atoms with van der Waals surface area (Å²) in [5, 5.41) is 2.73. The van der Waals surface area contributed by atoms with Crippen molar-refractivity contribution in [3.8, 4) is 0 Å². The number of nitrogens with two attached hydrogens (primary N) is 1. The van der Waals surface area contributed by atoms with Crippen LogP contribution in [-0.4, -0.2) is 12.5 Å². The molecule has 3 nitrogen and oxygen atoms in total. The lowest BCUT2D eigenvalue weighted by atomic mass is 10.2. The lowest BCUT2D eigenvalue weighted by molar-refractivity contribution is 0.585. The zero-order valence-electron chi connectivity index (χ0n) is 8.71. The Bertz CT molecular complexity index is 402. The van der Waals surface area contributed by atoms with Gasteiger partial charge >= 0.3 is 0 Å². The monoisotopic (exact) mass is 225 g/mol. The molecule has 0 heterocycles. The standard InChI is InChI=1S/C11H13F2N3/c1-2-5-15-11(14)16-7-8-6-9(12)3-4-10(8)13/h2-4,6H,1,5,7H2,(H3,14,15,16). The van der Waals surface area contributed by atoms with Crippen LogP contribution >= 0.6 is 0 Å². The van der Waals surface area contributed by atoms with Gasteiger partial charge in [-0.2, -0.15) is 0 Å². The van der Waals surface area contributed by atoms with Crippen molar-refractivity contribution in [2.24, 2.45) is 10.7 Å². The number of hydrogen-bond donors (Lipinski definition) is 2. The van der Waals surface area contributed by atoms with E-state index >= 15 is 0 Å². The molecule has 1 rings (SSSR count). The van der Waals surface area contributed by atoms with Crippen LogP contribution in [-0.2, 0) is 6.54 Å². The van der Waals surface area contributed by atoms with Crippen molar-refractivity contribution >= 4 is 5.96 Å². The summed E-state index contributed by atoms with van der Waals surface area (Å²) in [5.74, 6) is -0.825. The first kappa shape index (κ1) is 12.2. The van der Waals surface area contributed by atoms with Gasteiger partial charge in [0.2, 0.25) is 0 Å². The van der Waals surface area contributed by atoms with E-state index in [2.05, 4.69) is 16.9 Å². The molecule has 1 aromatic carbocycles. The zero-order chi connectivity index (χ0) is 12.0. The van der Waals surface area contributed by atoms with E-state index in [1.807, 2.05) is 0 Å². The second-order valence-corrected chi connectivity index (χ2v) is 3.11. The van der Waals surface area contributed by atoms with Gasteiger partial charge in [0.25, 0.3) is 0 Å². The summed E-state index contributed by atoms with van der Waals surface area (Å²) in [7, 11) is 0. The molecule has 16 heavy (non-hydrogen) atoms. The van der Waals surface area contributed by atoms with Gasteiger partial charge in [0.1, 0.15) is 11.6 Å². The van der Waals surface area contributed by atoms with Gasteiger partial charge in [0.05, 0.1) is 6.54 Å². The molecule has 0 spiro atoms. The van der Waals surface area contributed by atoms with E-state index in [4.69, 9.17) is 5.73 Å². The largest absolute Gasteiger partial charge is 0.370 e. The van der Waals surface area contributed by atoms with Gasteiger partial charge in [0.15, 0.2) is 5.96 Å². The van der Waals surface area contributed by atoms with Crippen LogP contribution in [0.3, 0.4) is 0 Å². The Morgan fingerprint density at radius 1 is 1.50 bits per heavy atom. The molecule has 0 bridgehead atoms. The third-order valence-electron chi connectivity index (χ3n) is 1.86. The Morgan fingerprint density at radius 2 is 2.25 bits per heavy atom. The molecule has 1 aromatic rings. The normalized spacial score (nSPS) is 11.2. The van der Waals surface area contributed by atoms with E-state index in [-0.39, 0.29) is 18.1 Å². The van der Waals surface area contributed by atoms with Crippen LogP contribution < -0.4 is 11.1 Å². The highest BCUT2D eigenvalue weighted by Crippen LogP contribution is 2.10. The molecule has 3 N–H and O–H groups in total. The van der Waals surface area contributed by atoms with Crippen LogP contribution in [0.15, 0.2) is 35.8 Å². The van der Waals surface area contributed by atoms with Crippen LogP contribution in [0.2, 0.25) is 0 Å². The maximum atomic E-state index is 13.2. The minimum atomic E-state index is -0.498. The maximum absolute atomic E-state index is 13.2. The fourth-order valence-electron chi connectivity index (χ4n) is 1.07. The minimum Gasteiger partial charge on any atom is -0.370 e. The zero-order valence-corrected chi connectivity index (χ0v) is 8.71. The topological polar surface area (TPSA) is 50.4 Å². The van der Waals surface area contributed by atoms with Crippen molar-refractivity contribution in [3.63, 3.8) is 0 Å². The van der Waals surface area contributed by atoms with Gasteiger partial charge in [-0.25, -0.2) is 13.8 Å². The van der Waals surface area contributed by atoms with Crippen LogP contribution in [0.4, 0.5) is 8.78 Å². The highest BCUT2D eigenvalue weighted by molar-refractivity contribution is 5.77. The molecule has 0 amide bonds. The first-order chi connectivity index (χ1) is 7.63. The summed E-state index contributed by atoms with van der Waals surface area (Å²) in [5.41, 5.74) is 5.64. The molecule has 5 heteroatoms. The first-order valence-electron chi connectivity index (χ1n) is 4.72. The average molecular weight is 225 g/mol. The lowest BCUT2D eigenvalue weighted by Gasteiger charge is -2.03. The van der Waals surface area contributed by atoms with E-state index in [9.17, 15) is 8.78 Å². The van der Waals surface area contributed by atoms with Gasteiger partial charge in [-0.3, -0.25) is 0 Å². The highest BCUT2D eigenvalue weighted by Gasteiger charge is 2.02. The summed E-state index contributed by atoms with van der Waals surface area (Å²) in [6.45, 7) is 3.97. The van der Waals surface area contributed by atoms with E-state index in [0.717, 1.165) is 18.2 Å². The van der Waals surface area contributed by atoms with E-state index in [1.165, 1.54) is 0 Å². The maximum Gasteiger partial charge on any atom is 0.189 e. The fraction of sp³-hybridized carbons (Fsp3) is 0.182. The van der Waals surface area contributed by atoms with E-state index in [1.54, 1.807) is 6.08 Å². The second kappa shape index (κ2) is 5.85. The molecule has 0 atom stereocenters. The van der Waals surface area contributed by atoms with E-state index in [0.29, 0.717) is 6.54 Å². The molecule has 0 unspecified atom stereocenters. The van der Waals surface area contributed by atoms with Gasteiger partial charge in [-0.15, -0.1) is 6.58 Å². The molecule has 0 saturated carbocycles. The Balaban J connectivity index is 2.66. The third-order valence-corrected chi connectivity index (χ3v) is 1.86. The second-order valence-electron chi connectivity index (χ2n) is 3.11. The number of aliphatic imine (C=N–C) groups is 1. The van der Waals surface area contributed by atoms with Crippen molar-refractivity contribution in [2.45, 2.75) is 6.54 Å².